The third-order valence-corrected chi connectivity index (χ3v) is 4.49. The summed E-state index contributed by atoms with van der Waals surface area (Å²) in [6.45, 7) is 2.27. The number of hydrogen-bond donors (Lipinski definition) is 0. The molecule has 0 amide bonds. The summed E-state index contributed by atoms with van der Waals surface area (Å²) >= 11 is 0. The minimum atomic E-state index is 0.0377. The molecule has 1 atom stereocenters. The molecular formula is C16H18O2. The van der Waals surface area contributed by atoms with E-state index >= 15 is 0 Å². The van der Waals surface area contributed by atoms with E-state index in [2.05, 4.69) is 19.1 Å². The van der Waals surface area contributed by atoms with Gasteiger partial charge in [-0.3, -0.25) is 4.79 Å². The Balaban J connectivity index is 2.15. The third-order valence-electron chi connectivity index (χ3n) is 4.49. The molecule has 3 rings (SSSR count). The number of fused-ring (bicyclic) bond motifs is 3. The first-order valence-corrected chi connectivity index (χ1v) is 6.55. The Morgan fingerprint density at radius 2 is 2.06 bits per heavy atom. The number of ketones is 1. The molecule has 0 aromatic heterocycles. The monoisotopic (exact) mass is 242 g/mol. The van der Waals surface area contributed by atoms with Crippen LogP contribution in [0.4, 0.5) is 0 Å². The molecule has 1 aromatic rings. The fourth-order valence-corrected chi connectivity index (χ4v) is 3.30. The predicted molar refractivity (Wildman–Crippen MR) is 71.0 cm³/mol. The smallest absolute Gasteiger partial charge is 0.155 e. The van der Waals surface area contributed by atoms with E-state index in [1.165, 1.54) is 16.7 Å². The SMILES string of the molecule is COc1ccc2c(c1)C1(C)CCC(=O)C=C1CC2. The van der Waals surface area contributed by atoms with E-state index in [0.717, 1.165) is 25.0 Å². The fourth-order valence-electron chi connectivity index (χ4n) is 3.30. The van der Waals surface area contributed by atoms with Crippen molar-refractivity contribution >= 4 is 5.78 Å². The van der Waals surface area contributed by atoms with Gasteiger partial charge in [-0.1, -0.05) is 18.6 Å². The van der Waals surface area contributed by atoms with Crippen LogP contribution >= 0.6 is 0 Å². The summed E-state index contributed by atoms with van der Waals surface area (Å²) in [5, 5.41) is 0. The van der Waals surface area contributed by atoms with Gasteiger partial charge in [0.15, 0.2) is 5.78 Å². The van der Waals surface area contributed by atoms with Gasteiger partial charge >= 0.3 is 0 Å². The Hall–Kier alpha value is -1.57. The number of benzene rings is 1. The van der Waals surface area contributed by atoms with E-state index in [9.17, 15) is 4.79 Å². The standard InChI is InChI=1S/C16H18O2/c1-16-8-7-13(17)9-12(16)5-3-11-4-6-14(18-2)10-15(11)16/h4,6,9-10H,3,5,7-8H2,1-2H3. The molecule has 0 saturated heterocycles. The average molecular weight is 242 g/mol. The highest BCUT2D eigenvalue weighted by molar-refractivity contribution is 5.92. The molecule has 0 fully saturated rings. The van der Waals surface area contributed by atoms with Crippen LogP contribution in [0.3, 0.4) is 0 Å². The van der Waals surface area contributed by atoms with E-state index in [1.54, 1.807) is 7.11 Å². The maximum atomic E-state index is 11.6. The zero-order valence-electron chi connectivity index (χ0n) is 11.0. The summed E-state index contributed by atoms with van der Waals surface area (Å²) in [5.74, 6) is 1.20. The molecule has 0 N–H and O–H groups in total. The summed E-state index contributed by atoms with van der Waals surface area (Å²) in [7, 11) is 1.70. The first-order chi connectivity index (χ1) is 8.63. The lowest BCUT2D eigenvalue weighted by Gasteiger charge is -2.41. The van der Waals surface area contributed by atoms with Crippen molar-refractivity contribution < 1.29 is 9.53 Å². The molecule has 1 aromatic carbocycles. The van der Waals surface area contributed by atoms with Gasteiger partial charge in [-0.2, -0.15) is 0 Å². The molecule has 1 unspecified atom stereocenters. The average Bonchev–Trinajstić information content (AvgIpc) is 2.39. The maximum Gasteiger partial charge on any atom is 0.155 e. The van der Waals surface area contributed by atoms with Crippen LogP contribution in [-0.4, -0.2) is 12.9 Å². The molecular weight excluding hydrogens is 224 g/mol. The molecule has 2 nitrogen and oxygen atoms in total. The molecule has 18 heavy (non-hydrogen) atoms. The quantitative estimate of drug-likeness (QED) is 0.756. The second-order valence-corrected chi connectivity index (χ2v) is 5.49. The van der Waals surface area contributed by atoms with Crippen LogP contribution in [-0.2, 0) is 16.6 Å². The number of carbonyl (C=O) groups is 1. The summed E-state index contributed by atoms with van der Waals surface area (Å²) in [6, 6.07) is 6.36. The highest BCUT2D eigenvalue weighted by Gasteiger charge is 2.39. The molecule has 0 aliphatic heterocycles. The predicted octanol–water partition coefficient (Wildman–Crippen LogP) is 3.19. The number of carbonyl (C=O) groups excluding carboxylic acids is 1. The lowest BCUT2D eigenvalue weighted by atomic mass is 9.63. The van der Waals surface area contributed by atoms with Crippen LogP contribution in [0.2, 0.25) is 0 Å². The third kappa shape index (κ3) is 1.59. The zero-order chi connectivity index (χ0) is 12.8. The highest BCUT2D eigenvalue weighted by atomic mass is 16.5. The van der Waals surface area contributed by atoms with Crippen molar-refractivity contribution in [1.29, 1.82) is 0 Å². The van der Waals surface area contributed by atoms with Gasteiger partial charge in [-0.15, -0.1) is 0 Å². The lowest BCUT2D eigenvalue weighted by molar-refractivity contribution is -0.115. The Bertz CT molecular complexity index is 542. The molecule has 0 spiro atoms. The summed E-state index contributed by atoms with van der Waals surface area (Å²) < 4.78 is 5.34. The van der Waals surface area contributed by atoms with Crippen LogP contribution in [0.25, 0.3) is 0 Å². The summed E-state index contributed by atoms with van der Waals surface area (Å²) in [4.78, 5) is 11.6. The van der Waals surface area contributed by atoms with E-state index in [0.29, 0.717) is 6.42 Å². The van der Waals surface area contributed by atoms with Crippen molar-refractivity contribution in [1.82, 2.24) is 0 Å². The van der Waals surface area contributed by atoms with Crippen molar-refractivity contribution in [3.05, 3.63) is 41.0 Å². The van der Waals surface area contributed by atoms with Crippen LogP contribution in [0, 0.1) is 0 Å². The molecule has 0 bridgehead atoms. The van der Waals surface area contributed by atoms with Crippen molar-refractivity contribution in [2.45, 2.75) is 38.0 Å². The molecule has 0 radical (unpaired) electrons. The number of ether oxygens (including phenoxy) is 1. The normalized spacial score (nSPS) is 26.1. The van der Waals surface area contributed by atoms with Gasteiger partial charge in [-0.25, -0.2) is 0 Å². The van der Waals surface area contributed by atoms with E-state index < -0.39 is 0 Å². The summed E-state index contributed by atoms with van der Waals surface area (Å²) in [6.07, 6.45) is 5.52. The first-order valence-electron chi connectivity index (χ1n) is 6.55. The second kappa shape index (κ2) is 3.98. The van der Waals surface area contributed by atoms with Crippen LogP contribution in [0.15, 0.2) is 29.8 Å². The Labute approximate surface area is 108 Å². The number of allylic oxidation sites excluding steroid dienone is 2. The van der Waals surface area contributed by atoms with Crippen molar-refractivity contribution in [3.8, 4) is 5.75 Å². The molecule has 0 saturated carbocycles. The van der Waals surface area contributed by atoms with Crippen molar-refractivity contribution in [2.75, 3.05) is 7.11 Å². The number of methoxy groups -OCH3 is 1. The van der Waals surface area contributed by atoms with E-state index in [-0.39, 0.29) is 11.2 Å². The lowest BCUT2D eigenvalue weighted by Crippen LogP contribution is -2.34. The summed E-state index contributed by atoms with van der Waals surface area (Å²) in [5.41, 5.74) is 4.10. The number of aryl methyl sites for hydroxylation is 1. The van der Waals surface area contributed by atoms with Gasteiger partial charge in [0.25, 0.3) is 0 Å². The van der Waals surface area contributed by atoms with Crippen LogP contribution in [0.5, 0.6) is 5.75 Å². The fraction of sp³-hybridized carbons (Fsp3) is 0.438. The largest absolute Gasteiger partial charge is 0.497 e. The van der Waals surface area contributed by atoms with Crippen LogP contribution in [0.1, 0.15) is 37.3 Å². The van der Waals surface area contributed by atoms with Gasteiger partial charge in [0, 0.05) is 11.8 Å². The van der Waals surface area contributed by atoms with Crippen molar-refractivity contribution in [2.24, 2.45) is 0 Å². The number of rotatable bonds is 1. The Kier molecular flexibility index (Phi) is 2.54. The topological polar surface area (TPSA) is 26.3 Å². The van der Waals surface area contributed by atoms with Gasteiger partial charge in [-0.05, 0) is 48.6 Å². The Morgan fingerprint density at radius 1 is 1.22 bits per heavy atom. The molecule has 2 aliphatic rings. The maximum absolute atomic E-state index is 11.6. The minimum absolute atomic E-state index is 0.0377. The number of hydrogen-bond acceptors (Lipinski definition) is 2. The van der Waals surface area contributed by atoms with Gasteiger partial charge in [0.05, 0.1) is 7.11 Å². The zero-order valence-corrected chi connectivity index (χ0v) is 11.0. The molecule has 0 heterocycles. The highest BCUT2D eigenvalue weighted by Crippen LogP contribution is 2.47. The van der Waals surface area contributed by atoms with Crippen LogP contribution < -0.4 is 4.74 Å². The Morgan fingerprint density at radius 3 is 2.83 bits per heavy atom. The second-order valence-electron chi connectivity index (χ2n) is 5.49. The van der Waals surface area contributed by atoms with Gasteiger partial charge < -0.3 is 4.74 Å². The van der Waals surface area contributed by atoms with E-state index in [1.807, 2.05) is 12.1 Å². The minimum Gasteiger partial charge on any atom is -0.497 e. The molecule has 94 valence electrons. The van der Waals surface area contributed by atoms with Crippen molar-refractivity contribution in [3.63, 3.8) is 0 Å². The molecule has 2 aliphatic carbocycles. The van der Waals surface area contributed by atoms with E-state index in [4.69, 9.17) is 4.74 Å². The van der Waals surface area contributed by atoms with Gasteiger partial charge in [0.1, 0.15) is 5.75 Å². The first kappa shape index (κ1) is 11.5. The molecule has 2 heteroatoms. The van der Waals surface area contributed by atoms with Gasteiger partial charge in [0.2, 0.25) is 0 Å².